The van der Waals surface area contributed by atoms with Crippen molar-refractivity contribution >= 4 is 33.5 Å². The lowest BCUT2D eigenvalue weighted by atomic mass is 10.00. The van der Waals surface area contributed by atoms with Crippen LogP contribution in [-0.4, -0.2) is 35.3 Å². The van der Waals surface area contributed by atoms with Crippen LogP contribution in [0, 0.1) is 0 Å². The summed E-state index contributed by atoms with van der Waals surface area (Å²) in [5.41, 5.74) is -1.25. The van der Waals surface area contributed by atoms with Crippen molar-refractivity contribution in [2.24, 2.45) is 0 Å². The summed E-state index contributed by atoms with van der Waals surface area (Å²) in [7, 11) is 0. The maximum absolute atomic E-state index is 13.2. The van der Waals surface area contributed by atoms with E-state index in [0.29, 0.717) is 24.3 Å². The van der Waals surface area contributed by atoms with Crippen molar-refractivity contribution in [1.29, 1.82) is 0 Å². The van der Waals surface area contributed by atoms with Gasteiger partial charge in [-0.05, 0) is 67.2 Å². The number of rotatable bonds is 12. The van der Waals surface area contributed by atoms with Crippen LogP contribution < -0.4 is 9.47 Å². The van der Waals surface area contributed by atoms with Gasteiger partial charge in [-0.2, -0.15) is 0 Å². The topological polar surface area (TPSA) is 71.1 Å². The minimum atomic E-state index is -0.753. The quantitative estimate of drug-likeness (QED) is 0.166. The van der Waals surface area contributed by atoms with E-state index >= 15 is 0 Å². The maximum atomic E-state index is 13.2. The zero-order valence-corrected chi connectivity index (χ0v) is 25.5. The molecular weight excluding hydrogens is 504 g/mol. The Morgan fingerprint density at radius 3 is 1.15 bits per heavy atom. The smallest absolute Gasteiger partial charge is 0.347 e. The molecule has 0 fully saturated rings. The van der Waals surface area contributed by atoms with Gasteiger partial charge in [0.2, 0.25) is 0 Å². The first-order valence-electron chi connectivity index (χ1n) is 14.6. The molecule has 0 aliphatic carbocycles. The summed E-state index contributed by atoms with van der Waals surface area (Å²) in [6.07, 6.45) is 3.11. The van der Waals surface area contributed by atoms with Crippen molar-refractivity contribution in [2.75, 3.05) is 0 Å². The Bertz CT molecular complexity index is 1140. The largest absolute Gasteiger partial charge is 0.477 e. The number of esters is 2. The Hall–Kier alpha value is -3.28. The Balaban J connectivity index is 2.15. The maximum Gasteiger partial charge on any atom is 0.347 e. The first-order valence-corrected chi connectivity index (χ1v) is 14.6. The Morgan fingerprint density at radius 1 is 0.600 bits per heavy atom. The van der Waals surface area contributed by atoms with Gasteiger partial charge >= 0.3 is 11.9 Å². The molecule has 0 heterocycles. The minimum Gasteiger partial charge on any atom is -0.477 e. The van der Waals surface area contributed by atoms with Crippen LogP contribution in [0.5, 0.6) is 11.5 Å². The molecule has 0 aliphatic heterocycles. The van der Waals surface area contributed by atoms with Gasteiger partial charge < -0.3 is 18.9 Å². The second-order valence-electron chi connectivity index (χ2n) is 12.3. The molecule has 0 N–H and O–H groups in total. The summed E-state index contributed by atoms with van der Waals surface area (Å²) in [4.78, 5) is 26.4. The molecule has 0 spiro atoms. The summed E-state index contributed by atoms with van der Waals surface area (Å²) in [5.74, 6) is 0.457. The van der Waals surface area contributed by atoms with E-state index in [1.165, 1.54) is 0 Å². The summed E-state index contributed by atoms with van der Waals surface area (Å²) < 4.78 is 24.6. The monoisotopic (exact) mass is 550 g/mol. The fourth-order valence-electron chi connectivity index (χ4n) is 4.55. The third-order valence-electron chi connectivity index (χ3n) is 6.33. The summed E-state index contributed by atoms with van der Waals surface area (Å²) in [6, 6.07) is 15.6. The molecule has 0 radical (unpaired) electrons. The van der Waals surface area contributed by atoms with Gasteiger partial charge in [0.05, 0.1) is 0 Å². The van der Waals surface area contributed by atoms with Gasteiger partial charge in [-0.3, -0.25) is 0 Å². The van der Waals surface area contributed by atoms with Gasteiger partial charge in [0, 0.05) is 21.5 Å². The van der Waals surface area contributed by atoms with Gasteiger partial charge in [0.1, 0.15) is 22.7 Å². The van der Waals surface area contributed by atoms with Crippen LogP contribution in [0.15, 0.2) is 48.5 Å². The van der Waals surface area contributed by atoms with Gasteiger partial charge in [0.15, 0.2) is 12.2 Å². The van der Waals surface area contributed by atoms with Crippen molar-refractivity contribution in [3.05, 3.63) is 48.5 Å². The molecule has 0 aromatic heterocycles. The number of ether oxygens (including phenoxy) is 4. The van der Waals surface area contributed by atoms with Crippen LogP contribution in [0.3, 0.4) is 0 Å². The Kier molecular flexibility index (Phi) is 10.5. The highest BCUT2D eigenvalue weighted by molar-refractivity contribution is 6.11. The van der Waals surface area contributed by atoms with Crippen molar-refractivity contribution in [2.45, 2.75) is 117 Å². The highest BCUT2D eigenvalue weighted by Crippen LogP contribution is 2.44. The molecule has 40 heavy (non-hydrogen) atoms. The number of carbonyl (C=O) groups excluding carboxylic acids is 2. The van der Waals surface area contributed by atoms with Crippen LogP contribution in [0.25, 0.3) is 21.5 Å². The van der Waals surface area contributed by atoms with Crippen LogP contribution in [0.4, 0.5) is 0 Å². The van der Waals surface area contributed by atoms with E-state index in [0.717, 1.165) is 47.2 Å². The van der Waals surface area contributed by atoms with Crippen molar-refractivity contribution in [1.82, 2.24) is 0 Å². The highest BCUT2D eigenvalue weighted by Gasteiger charge is 2.31. The lowest BCUT2D eigenvalue weighted by Gasteiger charge is -2.27. The van der Waals surface area contributed by atoms with Crippen molar-refractivity contribution in [3.63, 3.8) is 0 Å². The predicted octanol–water partition coefficient (Wildman–Crippen LogP) is 8.55. The average Bonchev–Trinajstić information content (AvgIpc) is 2.87. The molecule has 2 unspecified atom stereocenters. The van der Waals surface area contributed by atoms with E-state index < -0.39 is 23.4 Å². The number of hydrogen-bond acceptors (Lipinski definition) is 6. The Labute approximate surface area is 239 Å². The third kappa shape index (κ3) is 8.36. The standard InChI is InChI=1S/C34H46O6/c1-9-11-21-27(31(35)39-33(3,4)5)37-29-23-17-13-15-19-25(23)30(26-20-16-14-18-24(26)29)38-28(22-12-10-2)32(36)40-34(6,7)8/h13-20,27-28H,9-12,21-22H2,1-8H3. The van der Waals surface area contributed by atoms with Gasteiger partial charge in [0.25, 0.3) is 0 Å². The van der Waals surface area contributed by atoms with E-state index in [9.17, 15) is 9.59 Å². The van der Waals surface area contributed by atoms with E-state index in [2.05, 4.69) is 13.8 Å². The van der Waals surface area contributed by atoms with Gasteiger partial charge in [-0.1, -0.05) is 75.2 Å². The molecule has 0 bridgehead atoms. The lowest BCUT2D eigenvalue weighted by Crippen LogP contribution is -2.35. The first kappa shape index (κ1) is 31.3. The molecule has 6 nitrogen and oxygen atoms in total. The normalized spacial score (nSPS) is 13.6. The third-order valence-corrected chi connectivity index (χ3v) is 6.33. The fourth-order valence-corrected chi connectivity index (χ4v) is 4.55. The second kappa shape index (κ2) is 13.4. The molecule has 218 valence electrons. The van der Waals surface area contributed by atoms with Gasteiger partial charge in [-0.25, -0.2) is 9.59 Å². The van der Waals surface area contributed by atoms with Crippen LogP contribution in [-0.2, 0) is 19.1 Å². The van der Waals surface area contributed by atoms with E-state index in [-0.39, 0.29) is 11.9 Å². The SMILES string of the molecule is CCCCC(Oc1c2ccccc2c(OC(CCCC)C(=O)OC(C)(C)C)c2ccccc12)C(=O)OC(C)(C)C. The van der Waals surface area contributed by atoms with Crippen molar-refractivity contribution < 1.29 is 28.5 Å². The molecular formula is C34H46O6. The number of hydrogen-bond donors (Lipinski definition) is 0. The molecule has 3 rings (SSSR count). The minimum absolute atomic E-state index is 0.376. The second-order valence-corrected chi connectivity index (χ2v) is 12.3. The number of benzene rings is 3. The van der Waals surface area contributed by atoms with Crippen LogP contribution in [0.2, 0.25) is 0 Å². The van der Waals surface area contributed by atoms with Crippen molar-refractivity contribution in [3.8, 4) is 11.5 Å². The lowest BCUT2D eigenvalue weighted by molar-refractivity contribution is -0.164. The Morgan fingerprint density at radius 2 is 0.900 bits per heavy atom. The molecule has 0 saturated carbocycles. The number of carbonyl (C=O) groups is 2. The van der Waals surface area contributed by atoms with E-state index in [4.69, 9.17) is 18.9 Å². The predicted molar refractivity (Wildman–Crippen MR) is 161 cm³/mol. The van der Waals surface area contributed by atoms with E-state index in [1.54, 1.807) is 0 Å². The molecule has 3 aromatic carbocycles. The summed E-state index contributed by atoms with van der Waals surface area (Å²) >= 11 is 0. The zero-order chi connectivity index (χ0) is 29.5. The summed E-state index contributed by atoms with van der Waals surface area (Å²) in [5, 5.41) is 3.22. The number of unbranched alkanes of at least 4 members (excludes halogenated alkanes) is 2. The first-order chi connectivity index (χ1) is 18.8. The van der Waals surface area contributed by atoms with Crippen LogP contribution in [0.1, 0.15) is 93.9 Å². The molecule has 0 aliphatic rings. The molecule has 3 aromatic rings. The summed E-state index contributed by atoms with van der Waals surface area (Å²) in [6.45, 7) is 15.3. The van der Waals surface area contributed by atoms with Gasteiger partial charge in [-0.15, -0.1) is 0 Å². The average molecular weight is 551 g/mol. The van der Waals surface area contributed by atoms with E-state index in [1.807, 2.05) is 90.1 Å². The highest BCUT2D eigenvalue weighted by atomic mass is 16.6. The zero-order valence-electron chi connectivity index (χ0n) is 25.5. The number of fused-ring (bicyclic) bond motifs is 2. The molecule has 6 heteroatoms. The molecule has 0 amide bonds. The molecule has 2 atom stereocenters. The van der Waals surface area contributed by atoms with Crippen LogP contribution >= 0.6 is 0 Å². The molecule has 0 saturated heterocycles. The fraction of sp³-hybridized carbons (Fsp3) is 0.529.